The number of hydrogen-bond acceptors (Lipinski definition) is 5. The molecule has 2 aromatic rings. The van der Waals surface area contributed by atoms with Gasteiger partial charge in [-0.25, -0.2) is 17.7 Å². The van der Waals surface area contributed by atoms with Crippen molar-refractivity contribution in [1.29, 1.82) is 0 Å². The van der Waals surface area contributed by atoms with Crippen molar-refractivity contribution in [3.05, 3.63) is 36.2 Å². The number of pyridine rings is 1. The van der Waals surface area contributed by atoms with Crippen LogP contribution in [-0.4, -0.2) is 47.0 Å². The summed E-state index contributed by atoms with van der Waals surface area (Å²) in [6.45, 7) is -0.0515. The number of hydrogen-bond donors (Lipinski definition) is 1. The smallest absolute Gasteiger partial charge is 0.229 e. The molecule has 0 bridgehead atoms. The molecule has 24 heavy (non-hydrogen) atoms. The Balaban J connectivity index is 1.57. The van der Waals surface area contributed by atoms with Gasteiger partial charge < -0.3 is 0 Å². The van der Waals surface area contributed by atoms with Crippen molar-refractivity contribution < 1.29 is 18.0 Å². The third kappa shape index (κ3) is 3.80. The van der Waals surface area contributed by atoms with Crippen LogP contribution in [-0.2, 0) is 26.2 Å². The highest BCUT2D eigenvalue weighted by Gasteiger charge is 2.27. The summed E-state index contributed by atoms with van der Waals surface area (Å²) in [4.78, 5) is 24.4. The number of aromatic nitrogens is 2. The summed E-state index contributed by atoms with van der Waals surface area (Å²) in [5.41, 5.74) is 1.46. The number of likely N-dealkylation sites (tertiary alicyclic amines) is 1. The van der Waals surface area contributed by atoms with Gasteiger partial charge >= 0.3 is 0 Å². The highest BCUT2D eigenvalue weighted by molar-refractivity contribution is 7.89. The first-order chi connectivity index (χ1) is 11.4. The van der Waals surface area contributed by atoms with Crippen LogP contribution in [0.5, 0.6) is 0 Å². The van der Waals surface area contributed by atoms with Crippen LogP contribution in [0.15, 0.2) is 30.5 Å². The Kier molecular flexibility index (Phi) is 4.63. The summed E-state index contributed by atoms with van der Waals surface area (Å²) in [6.07, 6.45) is 2.90. The van der Waals surface area contributed by atoms with Crippen molar-refractivity contribution in [2.24, 2.45) is 0 Å². The first-order valence-corrected chi connectivity index (χ1v) is 9.34. The monoisotopic (exact) mass is 350 g/mol. The highest BCUT2D eigenvalue weighted by Crippen LogP contribution is 2.12. The van der Waals surface area contributed by atoms with Crippen molar-refractivity contribution >= 4 is 27.4 Å². The molecule has 1 aliphatic heterocycles. The average molecular weight is 350 g/mol. The number of carbonyl (C=O) groups excluding carboxylic acids is 2. The van der Waals surface area contributed by atoms with E-state index in [0.29, 0.717) is 25.0 Å². The lowest BCUT2D eigenvalue weighted by Crippen LogP contribution is -2.43. The van der Waals surface area contributed by atoms with Crippen molar-refractivity contribution in [2.75, 3.05) is 12.3 Å². The maximum atomic E-state index is 12.1. The van der Waals surface area contributed by atoms with Crippen LogP contribution in [0.1, 0.15) is 25.0 Å². The normalized spacial score (nSPS) is 16.1. The number of rotatable bonds is 6. The number of imide groups is 1. The quantitative estimate of drug-likeness (QED) is 0.755. The van der Waals surface area contributed by atoms with Gasteiger partial charge in [-0.15, -0.1) is 0 Å². The molecular formula is C15H18N4O4S. The molecule has 1 aliphatic rings. The minimum Gasteiger partial charge on any atom is -0.282 e. The lowest BCUT2D eigenvalue weighted by Gasteiger charge is -2.24. The topological polar surface area (TPSA) is 101 Å². The summed E-state index contributed by atoms with van der Waals surface area (Å²) < 4.78 is 28.3. The molecule has 0 spiro atoms. The lowest BCUT2D eigenvalue weighted by molar-refractivity contribution is -0.147. The maximum absolute atomic E-state index is 12.1. The van der Waals surface area contributed by atoms with Gasteiger partial charge in [0.2, 0.25) is 21.8 Å². The highest BCUT2D eigenvalue weighted by atomic mass is 32.2. The number of amides is 2. The molecular weight excluding hydrogens is 332 g/mol. The molecule has 1 saturated heterocycles. The van der Waals surface area contributed by atoms with E-state index in [4.69, 9.17) is 0 Å². The van der Waals surface area contributed by atoms with Crippen molar-refractivity contribution in [2.45, 2.75) is 25.8 Å². The first-order valence-electron chi connectivity index (χ1n) is 7.68. The van der Waals surface area contributed by atoms with Gasteiger partial charge in [-0.1, -0.05) is 6.07 Å². The molecule has 0 radical (unpaired) electrons. The van der Waals surface area contributed by atoms with E-state index in [9.17, 15) is 18.0 Å². The molecule has 2 amide bonds. The van der Waals surface area contributed by atoms with Crippen LogP contribution in [0.4, 0.5) is 0 Å². The van der Waals surface area contributed by atoms with Gasteiger partial charge in [0.15, 0.2) is 0 Å². The molecule has 128 valence electrons. The Morgan fingerprint density at radius 3 is 2.62 bits per heavy atom. The molecule has 3 heterocycles. The number of nitrogens with one attached hydrogen (secondary N) is 1. The van der Waals surface area contributed by atoms with E-state index in [1.54, 1.807) is 16.8 Å². The van der Waals surface area contributed by atoms with E-state index in [1.807, 2.05) is 18.2 Å². The third-order valence-corrected chi connectivity index (χ3v) is 5.16. The fraction of sp³-hybridized carbons (Fsp3) is 0.400. The van der Waals surface area contributed by atoms with Gasteiger partial charge in [-0.05, 0) is 24.6 Å². The fourth-order valence-corrected chi connectivity index (χ4v) is 3.53. The minimum absolute atomic E-state index is 0.0614. The predicted molar refractivity (Wildman–Crippen MR) is 86.4 cm³/mol. The molecule has 9 heteroatoms. The Bertz CT molecular complexity index is 825. The summed E-state index contributed by atoms with van der Waals surface area (Å²) in [5, 5.41) is 4.26. The second-order valence-corrected chi connectivity index (χ2v) is 7.56. The lowest BCUT2D eigenvalue weighted by atomic mass is 10.1. The second kappa shape index (κ2) is 6.70. The standard InChI is InChI=1S/C15H18N4O4S/c20-14-5-3-6-15(21)18(14)8-9-24(22,23)16-11-12-10-13-4-1-2-7-19(13)17-12/h1-2,4,7,10,16H,3,5-6,8-9,11H2. The van der Waals surface area contributed by atoms with E-state index in [1.165, 1.54) is 0 Å². The van der Waals surface area contributed by atoms with E-state index in [-0.39, 0.29) is 30.7 Å². The van der Waals surface area contributed by atoms with Crippen molar-refractivity contribution in [3.8, 4) is 0 Å². The summed E-state index contributed by atoms with van der Waals surface area (Å²) >= 11 is 0. The van der Waals surface area contributed by atoms with Gasteiger partial charge in [-0.2, -0.15) is 5.10 Å². The van der Waals surface area contributed by atoms with Crippen molar-refractivity contribution in [1.82, 2.24) is 19.2 Å². The van der Waals surface area contributed by atoms with Gasteiger partial charge in [0.1, 0.15) is 0 Å². The van der Waals surface area contributed by atoms with Crippen LogP contribution in [0.25, 0.3) is 5.52 Å². The minimum atomic E-state index is -3.61. The Hall–Kier alpha value is -2.26. The molecule has 1 N–H and O–H groups in total. The largest absolute Gasteiger partial charge is 0.282 e. The van der Waals surface area contributed by atoms with E-state index in [0.717, 1.165) is 10.4 Å². The van der Waals surface area contributed by atoms with Crippen molar-refractivity contribution in [3.63, 3.8) is 0 Å². The van der Waals surface area contributed by atoms with Crippen LogP contribution >= 0.6 is 0 Å². The second-order valence-electron chi connectivity index (χ2n) is 5.64. The number of nitrogens with zero attached hydrogens (tertiary/aromatic N) is 3. The summed E-state index contributed by atoms with van der Waals surface area (Å²) in [6, 6.07) is 7.37. The molecule has 0 aromatic carbocycles. The predicted octanol–water partition coefficient (Wildman–Crippen LogP) is 0.293. The van der Waals surface area contributed by atoms with E-state index < -0.39 is 10.0 Å². The molecule has 1 fully saturated rings. The number of fused-ring (bicyclic) bond motifs is 1. The first kappa shape index (κ1) is 16.6. The number of carbonyl (C=O) groups is 2. The molecule has 0 atom stereocenters. The Labute approximate surface area is 139 Å². The van der Waals surface area contributed by atoms with Crippen LogP contribution in [0.3, 0.4) is 0 Å². The molecule has 0 unspecified atom stereocenters. The van der Waals surface area contributed by atoms with Gasteiger partial charge in [0.25, 0.3) is 0 Å². The van der Waals surface area contributed by atoms with Crippen LogP contribution < -0.4 is 4.72 Å². The molecule has 8 nitrogen and oxygen atoms in total. The molecule has 0 aliphatic carbocycles. The summed E-state index contributed by atoms with van der Waals surface area (Å²) in [7, 11) is -3.61. The van der Waals surface area contributed by atoms with Crippen LogP contribution in [0.2, 0.25) is 0 Å². The third-order valence-electron chi connectivity index (χ3n) is 3.86. The Morgan fingerprint density at radius 2 is 1.92 bits per heavy atom. The zero-order valence-corrected chi connectivity index (χ0v) is 13.8. The molecule has 2 aromatic heterocycles. The maximum Gasteiger partial charge on any atom is 0.229 e. The van der Waals surface area contributed by atoms with E-state index >= 15 is 0 Å². The number of sulfonamides is 1. The van der Waals surface area contributed by atoms with Gasteiger partial charge in [0, 0.05) is 25.6 Å². The van der Waals surface area contributed by atoms with E-state index in [2.05, 4.69) is 9.82 Å². The summed E-state index contributed by atoms with van der Waals surface area (Å²) in [5.74, 6) is -0.915. The molecule has 3 rings (SSSR count). The fourth-order valence-electron chi connectivity index (χ4n) is 2.59. The average Bonchev–Trinajstić information content (AvgIpc) is 2.95. The zero-order valence-electron chi connectivity index (χ0n) is 13.0. The Morgan fingerprint density at radius 1 is 1.17 bits per heavy atom. The van der Waals surface area contributed by atoms with Gasteiger partial charge in [0.05, 0.1) is 23.5 Å². The zero-order chi connectivity index (χ0) is 17.2. The van der Waals surface area contributed by atoms with Gasteiger partial charge in [-0.3, -0.25) is 14.5 Å². The number of piperidine rings is 1. The molecule has 0 saturated carbocycles. The van der Waals surface area contributed by atoms with Crippen LogP contribution in [0, 0.1) is 0 Å². The SMILES string of the molecule is O=C1CCCC(=O)N1CCS(=O)(=O)NCc1cc2ccccn2n1.